The summed E-state index contributed by atoms with van der Waals surface area (Å²) in [5.41, 5.74) is 0.916. The number of benzene rings is 3. The van der Waals surface area contributed by atoms with E-state index in [0.29, 0.717) is 0 Å². The van der Waals surface area contributed by atoms with Crippen LogP contribution in [0.3, 0.4) is 0 Å². The summed E-state index contributed by atoms with van der Waals surface area (Å²) in [7, 11) is -1.82. The summed E-state index contributed by atoms with van der Waals surface area (Å²) in [5.74, 6) is -0.868. The van der Waals surface area contributed by atoms with Gasteiger partial charge in [-0.3, -0.25) is 0 Å². The Morgan fingerprint density at radius 3 is 1.52 bits per heavy atom. The van der Waals surface area contributed by atoms with Crippen molar-refractivity contribution in [3.05, 3.63) is 103 Å². The minimum atomic E-state index is -1.82. The predicted molar refractivity (Wildman–Crippen MR) is 121 cm³/mol. The van der Waals surface area contributed by atoms with Crippen LogP contribution in [0.15, 0.2) is 103 Å². The van der Waals surface area contributed by atoms with E-state index in [-0.39, 0.29) is 17.0 Å². The molecule has 0 aliphatic carbocycles. The molecule has 0 radical (unpaired) electrons. The van der Waals surface area contributed by atoms with Gasteiger partial charge in [0.25, 0.3) is 0 Å². The first kappa shape index (κ1) is 23.1. The summed E-state index contributed by atoms with van der Waals surface area (Å²) < 4.78 is 0. The van der Waals surface area contributed by atoms with Crippen molar-refractivity contribution >= 4 is 29.1 Å². The van der Waals surface area contributed by atoms with Crippen LogP contribution < -0.4 is 32.9 Å². The summed E-state index contributed by atoms with van der Waals surface area (Å²) in [6.07, 6.45) is 4.08. The van der Waals surface area contributed by atoms with E-state index < -0.39 is 13.2 Å². The maximum absolute atomic E-state index is 11.0. The average molecular weight is 469 g/mol. The standard InChI is InChI=1S/C25H25O2P.BrH/c1-21(20-25(26)27)12-11-19-28(22-13-5-2-6-14-22,23-15-7-3-8-16-23)24-17-9-4-10-18-24;/h2-10,13-18,20H,11-12,19H2,1H3;1H/b21-20-;. The number of allylic oxidation sites excluding steroid dienone is 1. The third kappa shape index (κ3) is 5.65. The largest absolute Gasteiger partial charge is 1.00 e. The summed E-state index contributed by atoms with van der Waals surface area (Å²) in [5, 5.41) is 13.1. The van der Waals surface area contributed by atoms with Crippen molar-refractivity contribution < 1.29 is 26.9 Å². The van der Waals surface area contributed by atoms with Crippen LogP contribution in [-0.2, 0) is 4.79 Å². The van der Waals surface area contributed by atoms with E-state index in [1.807, 2.05) is 6.92 Å². The van der Waals surface area contributed by atoms with Crippen molar-refractivity contribution in [2.45, 2.75) is 19.8 Å². The van der Waals surface area contributed by atoms with Crippen LogP contribution in [0.4, 0.5) is 0 Å². The van der Waals surface area contributed by atoms with Crippen LogP contribution in [0.2, 0.25) is 0 Å². The Kier molecular flexibility index (Phi) is 8.82. The third-order valence-electron chi connectivity index (χ3n) is 5.03. The van der Waals surface area contributed by atoms with Gasteiger partial charge in [-0.25, -0.2) is 4.79 Å². The first-order chi connectivity index (χ1) is 13.6. The predicted octanol–water partition coefficient (Wildman–Crippen LogP) is 1.80. The van der Waals surface area contributed by atoms with E-state index in [4.69, 9.17) is 5.11 Å². The molecule has 0 bridgehead atoms. The number of carbonyl (C=O) groups is 1. The number of carboxylic acids is 1. The second-order valence-electron chi connectivity index (χ2n) is 6.97. The molecule has 0 aliphatic heterocycles. The maximum Gasteiger partial charge on any atom is 0.328 e. The van der Waals surface area contributed by atoms with Crippen LogP contribution in [0, 0.1) is 0 Å². The lowest BCUT2D eigenvalue weighted by molar-refractivity contribution is -0.131. The minimum absolute atomic E-state index is 0. The van der Waals surface area contributed by atoms with Gasteiger partial charge in [0.15, 0.2) is 0 Å². The molecule has 0 atom stereocenters. The van der Waals surface area contributed by atoms with Gasteiger partial charge in [-0.1, -0.05) is 60.2 Å². The van der Waals surface area contributed by atoms with E-state index >= 15 is 0 Å². The highest BCUT2D eigenvalue weighted by atomic mass is 79.9. The molecule has 0 unspecified atom stereocenters. The molecule has 3 rings (SSSR count). The van der Waals surface area contributed by atoms with Crippen molar-refractivity contribution in [1.82, 2.24) is 0 Å². The van der Waals surface area contributed by atoms with Gasteiger partial charge in [0.05, 0.1) is 6.16 Å². The van der Waals surface area contributed by atoms with Gasteiger partial charge < -0.3 is 22.1 Å². The zero-order valence-corrected chi connectivity index (χ0v) is 19.0. The number of hydrogen-bond acceptors (Lipinski definition) is 1. The fourth-order valence-corrected chi connectivity index (χ4v) is 8.10. The molecule has 0 spiro atoms. The Labute approximate surface area is 184 Å². The molecular weight excluding hydrogens is 443 g/mol. The molecule has 0 amide bonds. The van der Waals surface area contributed by atoms with Crippen molar-refractivity contribution in [3.63, 3.8) is 0 Å². The second-order valence-corrected chi connectivity index (χ2v) is 10.6. The van der Waals surface area contributed by atoms with Crippen molar-refractivity contribution in [2.24, 2.45) is 0 Å². The molecule has 0 saturated heterocycles. The lowest BCUT2D eigenvalue weighted by Crippen LogP contribution is -3.00. The van der Waals surface area contributed by atoms with E-state index in [9.17, 15) is 4.79 Å². The lowest BCUT2D eigenvalue weighted by Gasteiger charge is -2.27. The monoisotopic (exact) mass is 468 g/mol. The molecule has 0 heterocycles. The Hall–Kier alpha value is -2.22. The molecule has 0 fully saturated rings. The van der Waals surface area contributed by atoms with Crippen molar-refractivity contribution in [2.75, 3.05) is 6.16 Å². The van der Waals surface area contributed by atoms with E-state index in [1.165, 1.54) is 22.0 Å². The Balaban J connectivity index is 0.00000300. The van der Waals surface area contributed by atoms with Crippen molar-refractivity contribution in [1.29, 1.82) is 0 Å². The Morgan fingerprint density at radius 1 is 0.793 bits per heavy atom. The molecule has 2 nitrogen and oxygen atoms in total. The molecule has 0 saturated carbocycles. The fourth-order valence-electron chi connectivity index (χ4n) is 3.76. The topological polar surface area (TPSA) is 37.3 Å². The van der Waals surface area contributed by atoms with E-state index in [2.05, 4.69) is 91.0 Å². The first-order valence-electron chi connectivity index (χ1n) is 9.58. The first-order valence-corrected chi connectivity index (χ1v) is 11.6. The summed E-state index contributed by atoms with van der Waals surface area (Å²) in [6.45, 7) is 1.90. The molecular formula is C25H26BrO2P. The number of carboxylic acid groups (broad SMARTS) is 1. The van der Waals surface area contributed by atoms with Crippen molar-refractivity contribution in [3.8, 4) is 0 Å². The number of rotatable bonds is 8. The molecule has 1 N–H and O–H groups in total. The fraction of sp³-hybridized carbons (Fsp3) is 0.160. The van der Waals surface area contributed by atoms with Gasteiger partial charge in [-0.2, -0.15) is 0 Å². The highest BCUT2D eigenvalue weighted by Gasteiger charge is 2.44. The molecule has 0 aliphatic rings. The van der Waals surface area contributed by atoms with Gasteiger partial charge >= 0.3 is 5.97 Å². The summed E-state index contributed by atoms with van der Waals surface area (Å²) in [4.78, 5) is 11.0. The third-order valence-corrected chi connectivity index (χ3v) is 9.55. The zero-order valence-electron chi connectivity index (χ0n) is 16.5. The molecule has 150 valence electrons. The van der Waals surface area contributed by atoms with E-state index in [1.54, 1.807) is 0 Å². The van der Waals surface area contributed by atoms with Gasteiger partial charge in [-0.15, -0.1) is 0 Å². The Morgan fingerprint density at radius 2 is 1.17 bits per heavy atom. The quantitative estimate of drug-likeness (QED) is 0.404. The molecule has 3 aromatic carbocycles. The Bertz CT molecular complexity index is 828. The second kappa shape index (κ2) is 11.1. The number of aliphatic carboxylic acids is 1. The van der Waals surface area contributed by atoms with Crippen LogP contribution >= 0.6 is 7.26 Å². The van der Waals surface area contributed by atoms with Crippen LogP contribution in [0.5, 0.6) is 0 Å². The normalized spacial score (nSPS) is 11.6. The molecule has 4 heteroatoms. The highest BCUT2D eigenvalue weighted by Crippen LogP contribution is 2.56. The smallest absolute Gasteiger partial charge is 0.328 e. The number of halogens is 1. The lowest BCUT2D eigenvalue weighted by atomic mass is 10.2. The highest BCUT2D eigenvalue weighted by molar-refractivity contribution is 7.95. The summed E-state index contributed by atoms with van der Waals surface area (Å²) >= 11 is 0. The van der Waals surface area contributed by atoms with Crippen LogP contribution in [0.1, 0.15) is 19.8 Å². The SMILES string of the molecule is C/C(=C/C(=O)O)CCC[P+](c1ccccc1)(c1ccccc1)c1ccccc1.[Br-]. The summed E-state index contributed by atoms with van der Waals surface area (Å²) in [6, 6.07) is 32.4. The molecule has 3 aromatic rings. The van der Waals surface area contributed by atoms with Crippen LogP contribution in [0.25, 0.3) is 0 Å². The molecule has 0 aromatic heterocycles. The van der Waals surface area contributed by atoms with Crippen LogP contribution in [-0.4, -0.2) is 17.2 Å². The maximum atomic E-state index is 11.0. The van der Waals surface area contributed by atoms with Gasteiger partial charge in [0, 0.05) is 6.08 Å². The average Bonchev–Trinajstić information content (AvgIpc) is 2.73. The van der Waals surface area contributed by atoms with E-state index in [0.717, 1.165) is 24.6 Å². The zero-order chi connectivity index (χ0) is 19.8. The molecule has 29 heavy (non-hydrogen) atoms. The minimum Gasteiger partial charge on any atom is -1.00 e. The van der Waals surface area contributed by atoms with Gasteiger partial charge in [0.2, 0.25) is 0 Å². The van der Waals surface area contributed by atoms with Gasteiger partial charge in [-0.05, 0) is 56.2 Å². The number of hydrogen-bond donors (Lipinski definition) is 1. The van der Waals surface area contributed by atoms with Gasteiger partial charge in [0.1, 0.15) is 23.2 Å².